The topological polar surface area (TPSA) is 69.7 Å². The van der Waals surface area contributed by atoms with E-state index in [0.717, 1.165) is 0 Å². The molecule has 0 spiro atoms. The second-order valence-electron chi connectivity index (χ2n) is 4.96. The van der Waals surface area contributed by atoms with Gasteiger partial charge < -0.3 is 19.5 Å². The lowest BCUT2D eigenvalue weighted by Gasteiger charge is -2.32. The van der Waals surface area contributed by atoms with Gasteiger partial charge in [0.25, 0.3) is 5.91 Å². The number of likely N-dealkylation sites (tertiary alicyclic amines) is 1. The summed E-state index contributed by atoms with van der Waals surface area (Å²) in [5.74, 6) is -1.61. The van der Waals surface area contributed by atoms with Gasteiger partial charge in [-0.1, -0.05) is 34.8 Å². The van der Waals surface area contributed by atoms with E-state index in [1.54, 1.807) is 4.90 Å². The summed E-state index contributed by atoms with van der Waals surface area (Å²) in [5, 5.41) is 11.6. The van der Waals surface area contributed by atoms with Crippen LogP contribution in [0.3, 0.4) is 0 Å². The lowest BCUT2D eigenvalue weighted by atomic mass is 9.97. The predicted molar refractivity (Wildman–Crippen MR) is 81.3 cm³/mol. The molecule has 120 valence electrons. The molecule has 1 heterocycles. The van der Waals surface area contributed by atoms with E-state index < -0.39 is 11.9 Å². The normalized spacial score (nSPS) is 15.7. The average molecular weight is 366 g/mol. The third-order valence-corrected chi connectivity index (χ3v) is 4.26. The van der Waals surface area contributed by atoms with Crippen LogP contribution in [-0.2, 0) is 9.59 Å². The Balaban J connectivity index is 1.90. The van der Waals surface area contributed by atoms with Crippen LogP contribution < -0.4 is 9.84 Å². The highest BCUT2D eigenvalue weighted by molar-refractivity contribution is 6.40. The lowest BCUT2D eigenvalue weighted by Crippen LogP contribution is -2.45. The second-order valence-corrected chi connectivity index (χ2v) is 6.21. The maximum Gasteiger partial charge on any atom is 0.260 e. The van der Waals surface area contributed by atoms with Crippen molar-refractivity contribution in [3.05, 3.63) is 27.2 Å². The fraction of sp³-hybridized carbons (Fsp3) is 0.429. The zero-order valence-corrected chi connectivity index (χ0v) is 13.7. The molecule has 1 saturated heterocycles. The third-order valence-electron chi connectivity index (χ3n) is 3.48. The summed E-state index contributed by atoms with van der Waals surface area (Å²) >= 11 is 17.7. The van der Waals surface area contributed by atoms with Crippen LogP contribution in [0.1, 0.15) is 12.8 Å². The number of nitrogens with zero attached hydrogens (tertiary/aromatic N) is 1. The fourth-order valence-electron chi connectivity index (χ4n) is 2.26. The van der Waals surface area contributed by atoms with E-state index in [4.69, 9.17) is 39.5 Å². The maximum absolute atomic E-state index is 12.1. The fourth-order valence-corrected chi connectivity index (χ4v) is 3.18. The molecule has 0 aromatic heterocycles. The van der Waals surface area contributed by atoms with Gasteiger partial charge in [-0.15, -0.1) is 0 Å². The Morgan fingerprint density at radius 3 is 2.23 bits per heavy atom. The number of halogens is 3. The van der Waals surface area contributed by atoms with Crippen molar-refractivity contribution in [2.45, 2.75) is 12.8 Å². The Morgan fingerprint density at radius 1 is 1.18 bits per heavy atom. The van der Waals surface area contributed by atoms with Crippen LogP contribution >= 0.6 is 34.8 Å². The van der Waals surface area contributed by atoms with E-state index in [1.165, 1.54) is 12.1 Å². The first-order valence-corrected chi connectivity index (χ1v) is 7.78. The van der Waals surface area contributed by atoms with Crippen molar-refractivity contribution >= 4 is 46.7 Å². The van der Waals surface area contributed by atoms with Crippen LogP contribution in [0.25, 0.3) is 0 Å². The molecule has 1 fully saturated rings. The Morgan fingerprint density at radius 2 is 1.73 bits per heavy atom. The minimum Gasteiger partial charge on any atom is -0.550 e. The van der Waals surface area contributed by atoms with E-state index >= 15 is 0 Å². The van der Waals surface area contributed by atoms with E-state index in [9.17, 15) is 14.7 Å². The number of ether oxygens (including phenoxy) is 1. The number of piperidine rings is 1. The van der Waals surface area contributed by atoms with Gasteiger partial charge in [0.2, 0.25) is 0 Å². The van der Waals surface area contributed by atoms with E-state index in [1.807, 2.05) is 0 Å². The quantitative estimate of drug-likeness (QED) is 0.818. The summed E-state index contributed by atoms with van der Waals surface area (Å²) < 4.78 is 5.37. The molecule has 1 aliphatic heterocycles. The number of hydrogen-bond acceptors (Lipinski definition) is 4. The monoisotopic (exact) mass is 364 g/mol. The van der Waals surface area contributed by atoms with Crippen molar-refractivity contribution in [3.63, 3.8) is 0 Å². The SMILES string of the molecule is O=C([O-])C1CCN(C(=O)COc2c(Cl)cc(Cl)cc2Cl)CC1. The van der Waals surface area contributed by atoms with Crippen LogP contribution in [-0.4, -0.2) is 36.5 Å². The zero-order chi connectivity index (χ0) is 16.3. The van der Waals surface area contributed by atoms with Gasteiger partial charge in [0.15, 0.2) is 12.4 Å². The van der Waals surface area contributed by atoms with Crippen LogP contribution in [0.2, 0.25) is 15.1 Å². The summed E-state index contributed by atoms with van der Waals surface area (Å²) in [4.78, 5) is 24.4. The largest absolute Gasteiger partial charge is 0.550 e. The smallest absolute Gasteiger partial charge is 0.260 e. The van der Waals surface area contributed by atoms with Gasteiger partial charge in [-0.2, -0.15) is 0 Å². The average Bonchev–Trinajstić information content (AvgIpc) is 2.46. The number of aliphatic carboxylic acids is 1. The van der Waals surface area contributed by atoms with Crippen LogP contribution in [0.15, 0.2) is 12.1 Å². The van der Waals surface area contributed by atoms with Crippen molar-refractivity contribution in [2.75, 3.05) is 19.7 Å². The number of carboxylic acids is 1. The first-order valence-electron chi connectivity index (χ1n) is 6.64. The molecule has 1 aromatic carbocycles. The number of carbonyl (C=O) groups excluding carboxylic acids is 2. The second kappa shape index (κ2) is 7.40. The molecule has 0 unspecified atom stereocenters. The van der Waals surface area contributed by atoms with Gasteiger partial charge in [-0.3, -0.25) is 4.79 Å². The summed E-state index contributed by atoms with van der Waals surface area (Å²) in [6.07, 6.45) is 0.771. The zero-order valence-electron chi connectivity index (χ0n) is 11.5. The highest BCUT2D eigenvalue weighted by Crippen LogP contribution is 2.35. The molecule has 5 nitrogen and oxygen atoms in total. The molecular formula is C14H13Cl3NO4-. The van der Waals surface area contributed by atoms with Gasteiger partial charge >= 0.3 is 0 Å². The molecular weight excluding hydrogens is 353 g/mol. The molecule has 0 atom stereocenters. The molecule has 1 aromatic rings. The first-order chi connectivity index (χ1) is 10.4. The highest BCUT2D eigenvalue weighted by Gasteiger charge is 2.24. The molecule has 0 N–H and O–H groups in total. The predicted octanol–water partition coefficient (Wildman–Crippen LogP) is 2.01. The molecule has 22 heavy (non-hydrogen) atoms. The minimum atomic E-state index is -1.07. The standard InChI is InChI=1S/C14H14Cl3NO4/c15-9-5-10(16)13(11(17)6-9)22-7-12(19)18-3-1-8(2-4-18)14(20)21/h5-6,8H,1-4,7H2,(H,20,21)/p-1. The minimum absolute atomic E-state index is 0.200. The summed E-state index contributed by atoms with van der Waals surface area (Å²) in [5.41, 5.74) is 0. The number of benzene rings is 1. The Labute approximate surface area is 142 Å². The molecule has 1 amide bonds. The molecule has 8 heteroatoms. The van der Waals surface area contributed by atoms with E-state index in [0.29, 0.717) is 31.0 Å². The molecule has 0 radical (unpaired) electrons. The number of carboxylic acid groups (broad SMARTS) is 1. The number of hydrogen-bond donors (Lipinski definition) is 0. The Hall–Kier alpha value is -1.17. The molecule has 2 rings (SSSR count). The van der Waals surface area contributed by atoms with Crippen LogP contribution in [0.4, 0.5) is 0 Å². The lowest BCUT2D eigenvalue weighted by molar-refractivity contribution is -0.312. The van der Waals surface area contributed by atoms with Crippen molar-refractivity contribution in [1.82, 2.24) is 4.90 Å². The number of carbonyl (C=O) groups is 2. The van der Waals surface area contributed by atoms with Gasteiger partial charge in [-0.25, -0.2) is 0 Å². The van der Waals surface area contributed by atoms with Crippen LogP contribution in [0, 0.1) is 5.92 Å². The third kappa shape index (κ3) is 4.18. The molecule has 1 aliphatic rings. The van der Waals surface area contributed by atoms with Crippen LogP contribution in [0.5, 0.6) is 5.75 Å². The van der Waals surface area contributed by atoms with Crippen molar-refractivity contribution in [1.29, 1.82) is 0 Å². The number of rotatable bonds is 4. The van der Waals surface area contributed by atoms with Crippen molar-refractivity contribution < 1.29 is 19.4 Å². The Bertz CT molecular complexity index is 562. The van der Waals surface area contributed by atoms with Gasteiger partial charge in [0, 0.05) is 30.0 Å². The van der Waals surface area contributed by atoms with Crippen molar-refractivity contribution in [3.8, 4) is 5.75 Å². The molecule has 0 bridgehead atoms. The van der Waals surface area contributed by atoms with Gasteiger partial charge in [0.05, 0.1) is 10.0 Å². The van der Waals surface area contributed by atoms with Gasteiger partial charge in [0.1, 0.15) is 0 Å². The number of amides is 1. The first kappa shape index (κ1) is 17.2. The summed E-state index contributed by atoms with van der Waals surface area (Å²) in [7, 11) is 0. The summed E-state index contributed by atoms with van der Waals surface area (Å²) in [6.45, 7) is 0.503. The van der Waals surface area contributed by atoms with E-state index in [2.05, 4.69) is 0 Å². The van der Waals surface area contributed by atoms with E-state index in [-0.39, 0.29) is 28.3 Å². The Kier molecular flexibility index (Phi) is 5.78. The van der Waals surface area contributed by atoms with Crippen molar-refractivity contribution in [2.24, 2.45) is 5.92 Å². The van der Waals surface area contributed by atoms with Gasteiger partial charge in [-0.05, 0) is 25.0 Å². The summed E-state index contributed by atoms with van der Waals surface area (Å²) in [6, 6.07) is 2.94. The maximum atomic E-state index is 12.1. The highest BCUT2D eigenvalue weighted by atomic mass is 35.5. The molecule has 0 saturated carbocycles. The molecule has 0 aliphatic carbocycles.